The molecule has 0 spiro atoms. The van der Waals surface area contributed by atoms with E-state index in [2.05, 4.69) is 89.7 Å². The van der Waals surface area contributed by atoms with E-state index in [4.69, 9.17) is 0 Å². The van der Waals surface area contributed by atoms with Crippen molar-refractivity contribution in [1.29, 1.82) is 0 Å². The van der Waals surface area contributed by atoms with E-state index in [-0.39, 0.29) is 0 Å². The summed E-state index contributed by atoms with van der Waals surface area (Å²) in [6, 6.07) is 8.79. The third-order valence-corrected chi connectivity index (χ3v) is 6.00. The van der Waals surface area contributed by atoms with Crippen LogP contribution in [0, 0.1) is 0 Å². The number of thiophene rings is 1. The molecule has 1 atom stereocenters. The topological polar surface area (TPSA) is 12.0 Å². The summed E-state index contributed by atoms with van der Waals surface area (Å²) in [7, 11) is 0. The van der Waals surface area contributed by atoms with Gasteiger partial charge in [-0.15, -0.1) is 11.3 Å². The van der Waals surface area contributed by atoms with Crippen molar-refractivity contribution >= 4 is 59.1 Å². The van der Waals surface area contributed by atoms with Crippen LogP contribution in [0.1, 0.15) is 23.4 Å². The van der Waals surface area contributed by atoms with Crippen LogP contribution in [-0.2, 0) is 6.42 Å². The van der Waals surface area contributed by atoms with Gasteiger partial charge in [-0.05, 0) is 51.6 Å². The maximum absolute atomic E-state index is 3.66. The van der Waals surface area contributed by atoms with Crippen LogP contribution in [0.15, 0.2) is 43.1 Å². The highest BCUT2D eigenvalue weighted by atomic mass is 79.9. The summed E-state index contributed by atoms with van der Waals surface area (Å²) < 4.78 is 3.44. The number of benzene rings is 1. The van der Waals surface area contributed by atoms with Crippen LogP contribution >= 0.6 is 59.1 Å². The lowest BCUT2D eigenvalue weighted by Crippen LogP contribution is -2.23. The molecule has 0 saturated carbocycles. The Kier molecular flexibility index (Phi) is 6.09. The van der Waals surface area contributed by atoms with Gasteiger partial charge in [-0.2, -0.15) is 0 Å². The van der Waals surface area contributed by atoms with Crippen LogP contribution in [0.3, 0.4) is 0 Å². The summed E-state index contributed by atoms with van der Waals surface area (Å²) >= 11 is 12.6. The summed E-state index contributed by atoms with van der Waals surface area (Å²) in [6.45, 7) is 3.10. The quantitative estimate of drug-likeness (QED) is 0.574. The Balaban J connectivity index is 2.27. The molecule has 0 radical (unpaired) electrons. The van der Waals surface area contributed by atoms with Crippen molar-refractivity contribution < 1.29 is 0 Å². The number of nitrogens with one attached hydrogen (secondary N) is 1. The number of likely N-dealkylation sites (N-methyl/N-ethyl adjacent to an activating group) is 1. The maximum atomic E-state index is 3.66. The lowest BCUT2D eigenvalue weighted by molar-refractivity contribution is 0.550. The Hall–Kier alpha value is 0.320. The van der Waals surface area contributed by atoms with Crippen LogP contribution in [0.25, 0.3) is 0 Å². The highest BCUT2D eigenvalue weighted by Gasteiger charge is 2.16. The van der Waals surface area contributed by atoms with Crippen molar-refractivity contribution in [1.82, 2.24) is 5.32 Å². The smallest absolute Gasteiger partial charge is 0.0380 e. The van der Waals surface area contributed by atoms with E-state index in [0.717, 1.165) is 21.9 Å². The van der Waals surface area contributed by atoms with Gasteiger partial charge in [-0.1, -0.05) is 44.8 Å². The Morgan fingerprint density at radius 1 is 1.16 bits per heavy atom. The van der Waals surface area contributed by atoms with Crippen LogP contribution < -0.4 is 5.32 Å². The average molecular weight is 468 g/mol. The molecule has 102 valence electrons. The molecule has 1 nitrogen and oxygen atoms in total. The molecule has 0 saturated heterocycles. The molecule has 0 fully saturated rings. The third-order valence-electron chi connectivity index (χ3n) is 2.87. The lowest BCUT2D eigenvalue weighted by Gasteiger charge is -2.19. The number of rotatable bonds is 5. The molecule has 1 aromatic heterocycles. The first-order valence-corrected chi connectivity index (χ1v) is 9.28. The maximum Gasteiger partial charge on any atom is 0.0380 e. The molecular weight excluding hydrogens is 454 g/mol. The average Bonchev–Trinajstić information content (AvgIpc) is 2.75. The normalized spacial score (nSPS) is 12.6. The van der Waals surface area contributed by atoms with Crippen LogP contribution in [0.4, 0.5) is 0 Å². The van der Waals surface area contributed by atoms with E-state index < -0.39 is 0 Å². The molecule has 1 heterocycles. The summed E-state index contributed by atoms with van der Waals surface area (Å²) in [4.78, 5) is 1.38. The molecule has 2 aromatic rings. The molecule has 0 bridgehead atoms. The van der Waals surface area contributed by atoms with Gasteiger partial charge < -0.3 is 5.32 Å². The first-order valence-electron chi connectivity index (χ1n) is 6.02. The van der Waals surface area contributed by atoms with E-state index in [0.29, 0.717) is 6.04 Å². The number of halogens is 3. The highest BCUT2D eigenvalue weighted by molar-refractivity contribution is 9.11. The Morgan fingerprint density at radius 2 is 1.95 bits per heavy atom. The molecule has 1 N–H and O–H groups in total. The fourth-order valence-corrected chi connectivity index (χ4v) is 4.86. The minimum Gasteiger partial charge on any atom is -0.310 e. The summed E-state index contributed by atoms with van der Waals surface area (Å²) in [5.41, 5.74) is 1.30. The van der Waals surface area contributed by atoms with E-state index in [1.165, 1.54) is 14.9 Å². The van der Waals surface area contributed by atoms with Gasteiger partial charge in [-0.25, -0.2) is 0 Å². The zero-order valence-electron chi connectivity index (χ0n) is 10.4. The van der Waals surface area contributed by atoms with E-state index in [9.17, 15) is 0 Å². The van der Waals surface area contributed by atoms with Gasteiger partial charge in [0.1, 0.15) is 0 Å². The highest BCUT2D eigenvalue weighted by Crippen LogP contribution is 2.32. The van der Waals surface area contributed by atoms with Gasteiger partial charge in [0, 0.05) is 30.8 Å². The number of hydrogen-bond donors (Lipinski definition) is 1. The second-order valence-electron chi connectivity index (χ2n) is 4.17. The molecule has 5 heteroatoms. The van der Waals surface area contributed by atoms with Gasteiger partial charge in [0.05, 0.1) is 0 Å². The lowest BCUT2D eigenvalue weighted by atomic mass is 10.0. The predicted octanol–water partition coefficient (Wildman–Crippen LogP) is 5.93. The molecular formula is C14H14Br3NS. The molecule has 19 heavy (non-hydrogen) atoms. The Bertz CT molecular complexity index is 553. The largest absolute Gasteiger partial charge is 0.310 e. The van der Waals surface area contributed by atoms with E-state index >= 15 is 0 Å². The Morgan fingerprint density at radius 3 is 2.53 bits per heavy atom. The first kappa shape index (κ1) is 15.7. The van der Waals surface area contributed by atoms with Crippen molar-refractivity contribution in [3.8, 4) is 0 Å². The summed E-state index contributed by atoms with van der Waals surface area (Å²) in [5.74, 6) is 0. The van der Waals surface area contributed by atoms with Crippen LogP contribution in [-0.4, -0.2) is 6.54 Å². The molecule has 2 rings (SSSR count). The zero-order valence-corrected chi connectivity index (χ0v) is 16.0. The van der Waals surface area contributed by atoms with Crippen molar-refractivity contribution in [2.24, 2.45) is 0 Å². The molecule has 1 aromatic carbocycles. The minimum atomic E-state index is 0.322. The van der Waals surface area contributed by atoms with Crippen molar-refractivity contribution in [3.63, 3.8) is 0 Å². The Labute approximate surface area is 143 Å². The monoisotopic (exact) mass is 465 g/mol. The van der Waals surface area contributed by atoms with Crippen LogP contribution in [0.5, 0.6) is 0 Å². The minimum absolute atomic E-state index is 0.322. The van der Waals surface area contributed by atoms with Crippen molar-refractivity contribution in [2.75, 3.05) is 6.54 Å². The fourth-order valence-electron chi connectivity index (χ4n) is 1.98. The summed E-state index contributed by atoms with van der Waals surface area (Å²) in [6.07, 6.45) is 0.992. The number of hydrogen-bond acceptors (Lipinski definition) is 2. The molecule has 0 aliphatic rings. The molecule has 1 unspecified atom stereocenters. The van der Waals surface area contributed by atoms with E-state index in [1.807, 2.05) is 0 Å². The SMILES string of the molecule is CCNC(Cc1sccc1Br)c1ccc(Br)cc1Br. The van der Waals surface area contributed by atoms with Gasteiger partial charge >= 0.3 is 0 Å². The molecule has 0 aliphatic carbocycles. The first-order chi connectivity index (χ1) is 9.11. The molecule has 0 aliphatic heterocycles. The van der Waals surface area contributed by atoms with Gasteiger partial charge in [0.15, 0.2) is 0 Å². The van der Waals surface area contributed by atoms with Gasteiger partial charge in [0.2, 0.25) is 0 Å². The van der Waals surface area contributed by atoms with Crippen LogP contribution in [0.2, 0.25) is 0 Å². The fraction of sp³-hybridized carbons (Fsp3) is 0.286. The van der Waals surface area contributed by atoms with E-state index in [1.54, 1.807) is 11.3 Å². The second kappa shape index (κ2) is 7.36. The van der Waals surface area contributed by atoms with Gasteiger partial charge in [-0.3, -0.25) is 0 Å². The standard InChI is InChI=1S/C14H14Br3NS/c1-2-18-13(8-14-11(16)5-6-19-14)10-4-3-9(15)7-12(10)17/h3-7,13,18H,2,8H2,1H3. The van der Waals surface area contributed by atoms with Crippen molar-refractivity contribution in [3.05, 3.63) is 53.5 Å². The van der Waals surface area contributed by atoms with Gasteiger partial charge in [0.25, 0.3) is 0 Å². The summed E-state index contributed by atoms with van der Waals surface area (Å²) in [5, 5.41) is 5.69. The third kappa shape index (κ3) is 4.14. The predicted molar refractivity (Wildman–Crippen MR) is 94.0 cm³/mol. The van der Waals surface area contributed by atoms with Crippen molar-refractivity contribution in [2.45, 2.75) is 19.4 Å². The zero-order chi connectivity index (χ0) is 13.8. The molecule has 0 amide bonds. The second-order valence-corrected chi connectivity index (χ2v) is 7.80.